The summed E-state index contributed by atoms with van der Waals surface area (Å²) in [4.78, 5) is 0. The van der Waals surface area contributed by atoms with Crippen molar-refractivity contribution < 1.29 is 12.8 Å². The maximum atomic E-state index is 12.9. The highest BCUT2D eigenvalue weighted by molar-refractivity contribution is 7.90. The topological polar surface area (TPSA) is 75.4 Å². The predicted molar refractivity (Wildman–Crippen MR) is 70.3 cm³/mol. The zero-order valence-electron chi connectivity index (χ0n) is 9.86. The third kappa shape index (κ3) is 4.09. The fourth-order valence-corrected chi connectivity index (χ4v) is 2.35. The number of hydrogen-bond acceptors (Lipinski definition) is 3. The quantitative estimate of drug-likeness (QED) is 0.833. The first-order valence-electron chi connectivity index (χ1n) is 5.26. The van der Waals surface area contributed by atoms with Crippen LogP contribution in [0.4, 0.5) is 10.1 Å². The molecule has 1 rings (SSSR count). The first kappa shape index (κ1) is 15.2. The standard InChI is InChI=1S/C10H15ClFN3O2S/c1-15(6-2-5-13)18(16,17)14-8-3-4-10(12)9(11)7-8/h3-4,7,14H,2,5-6,13H2,1H3. The first-order valence-corrected chi connectivity index (χ1v) is 7.08. The van der Waals surface area contributed by atoms with Gasteiger partial charge in [0, 0.05) is 13.6 Å². The van der Waals surface area contributed by atoms with Crippen molar-refractivity contribution in [1.82, 2.24) is 4.31 Å². The summed E-state index contributed by atoms with van der Waals surface area (Å²) >= 11 is 5.57. The molecule has 0 radical (unpaired) electrons. The summed E-state index contributed by atoms with van der Waals surface area (Å²) in [6.45, 7) is 0.711. The molecule has 0 saturated carbocycles. The molecule has 8 heteroatoms. The van der Waals surface area contributed by atoms with Gasteiger partial charge in [0.1, 0.15) is 5.82 Å². The Kier molecular flexibility index (Phi) is 5.33. The lowest BCUT2D eigenvalue weighted by atomic mass is 10.3. The van der Waals surface area contributed by atoms with Crippen LogP contribution in [0.3, 0.4) is 0 Å². The summed E-state index contributed by atoms with van der Waals surface area (Å²) in [5, 5.41) is -0.139. The SMILES string of the molecule is CN(CCCN)S(=O)(=O)Nc1ccc(F)c(Cl)c1. The molecule has 0 unspecified atom stereocenters. The number of hydrogen-bond donors (Lipinski definition) is 2. The molecule has 0 fully saturated rings. The van der Waals surface area contributed by atoms with Crippen molar-refractivity contribution in [2.45, 2.75) is 6.42 Å². The summed E-state index contributed by atoms with van der Waals surface area (Å²) in [6, 6.07) is 3.61. The minimum atomic E-state index is -3.67. The molecule has 102 valence electrons. The Labute approximate surface area is 111 Å². The highest BCUT2D eigenvalue weighted by Gasteiger charge is 2.17. The molecule has 1 aromatic carbocycles. The van der Waals surface area contributed by atoms with Crippen LogP contribution in [-0.2, 0) is 10.2 Å². The molecule has 0 amide bonds. The molecule has 5 nitrogen and oxygen atoms in total. The van der Waals surface area contributed by atoms with Gasteiger partial charge in [0.05, 0.1) is 10.7 Å². The maximum Gasteiger partial charge on any atom is 0.301 e. The molecule has 18 heavy (non-hydrogen) atoms. The van der Waals surface area contributed by atoms with Crippen molar-refractivity contribution >= 4 is 27.5 Å². The van der Waals surface area contributed by atoms with E-state index in [2.05, 4.69) is 4.72 Å². The van der Waals surface area contributed by atoms with Gasteiger partial charge in [0.2, 0.25) is 0 Å². The highest BCUT2D eigenvalue weighted by Crippen LogP contribution is 2.20. The monoisotopic (exact) mass is 295 g/mol. The second-order valence-electron chi connectivity index (χ2n) is 3.70. The summed E-state index contributed by atoms with van der Waals surface area (Å²) in [5.74, 6) is -0.601. The van der Waals surface area contributed by atoms with E-state index >= 15 is 0 Å². The van der Waals surface area contributed by atoms with Gasteiger partial charge in [-0.2, -0.15) is 12.7 Å². The molecule has 0 aromatic heterocycles. The van der Waals surface area contributed by atoms with E-state index in [4.69, 9.17) is 17.3 Å². The zero-order valence-corrected chi connectivity index (χ0v) is 11.4. The molecule has 3 N–H and O–H groups in total. The summed E-state index contributed by atoms with van der Waals surface area (Å²) in [5.41, 5.74) is 5.52. The number of nitrogens with two attached hydrogens (primary N) is 1. The summed E-state index contributed by atoms with van der Waals surface area (Å²) < 4.78 is 40.0. The minimum Gasteiger partial charge on any atom is -0.330 e. The van der Waals surface area contributed by atoms with Crippen LogP contribution >= 0.6 is 11.6 Å². The molecule has 1 aromatic rings. The number of nitrogens with one attached hydrogen (secondary N) is 1. The van der Waals surface area contributed by atoms with Gasteiger partial charge in [0.15, 0.2) is 0 Å². The molecular weight excluding hydrogens is 281 g/mol. The van der Waals surface area contributed by atoms with E-state index in [0.717, 1.165) is 10.4 Å². The number of halogens is 2. The lowest BCUT2D eigenvalue weighted by Gasteiger charge is -2.18. The first-order chi connectivity index (χ1) is 8.36. The van der Waals surface area contributed by atoms with Crippen molar-refractivity contribution in [3.63, 3.8) is 0 Å². The van der Waals surface area contributed by atoms with Gasteiger partial charge in [0.25, 0.3) is 0 Å². The van der Waals surface area contributed by atoms with Gasteiger partial charge in [-0.15, -0.1) is 0 Å². The molecule has 0 spiro atoms. The maximum absolute atomic E-state index is 12.9. The van der Waals surface area contributed by atoms with Crippen LogP contribution in [0.2, 0.25) is 5.02 Å². The second-order valence-corrected chi connectivity index (χ2v) is 5.88. The molecule has 0 aliphatic heterocycles. The van der Waals surface area contributed by atoms with Crippen molar-refractivity contribution in [1.29, 1.82) is 0 Å². The van der Waals surface area contributed by atoms with E-state index in [0.29, 0.717) is 19.5 Å². The molecule has 0 atom stereocenters. The minimum absolute atomic E-state index is 0.139. The second kappa shape index (κ2) is 6.33. The smallest absolute Gasteiger partial charge is 0.301 e. The zero-order chi connectivity index (χ0) is 13.8. The van der Waals surface area contributed by atoms with Crippen LogP contribution in [0.25, 0.3) is 0 Å². The highest BCUT2D eigenvalue weighted by atomic mass is 35.5. The van der Waals surface area contributed by atoms with Crippen LogP contribution < -0.4 is 10.5 Å². The lowest BCUT2D eigenvalue weighted by molar-refractivity contribution is 0.468. The van der Waals surface area contributed by atoms with Crippen molar-refractivity contribution in [2.75, 3.05) is 24.9 Å². The van der Waals surface area contributed by atoms with Crippen LogP contribution in [0.1, 0.15) is 6.42 Å². The van der Waals surface area contributed by atoms with E-state index in [-0.39, 0.29) is 10.7 Å². The Morgan fingerprint density at radius 1 is 1.50 bits per heavy atom. The molecule has 0 bridgehead atoms. The Morgan fingerprint density at radius 2 is 2.17 bits per heavy atom. The van der Waals surface area contributed by atoms with Crippen molar-refractivity contribution in [3.05, 3.63) is 29.0 Å². The Morgan fingerprint density at radius 3 is 2.72 bits per heavy atom. The van der Waals surface area contributed by atoms with Gasteiger partial charge in [-0.05, 0) is 31.2 Å². The van der Waals surface area contributed by atoms with Crippen LogP contribution in [0.15, 0.2) is 18.2 Å². The summed E-state index contributed by atoms with van der Waals surface area (Å²) in [6.07, 6.45) is 0.557. The summed E-state index contributed by atoms with van der Waals surface area (Å²) in [7, 11) is -2.23. The fraction of sp³-hybridized carbons (Fsp3) is 0.400. The van der Waals surface area contributed by atoms with Gasteiger partial charge < -0.3 is 5.73 Å². The van der Waals surface area contributed by atoms with Gasteiger partial charge in [-0.3, -0.25) is 4.72 Å². The number of benzene rings is 1. The Balaban J connectivity index is 2.78. The van der Waals surface area contributed by atoms with Gasteiger partial charge >= 0.3 is 10.2 Å². The third-order valence-corrected chi connectivity index (χ3v) is 4.04. The Bertz CT molecular complexity index is 510. The van der Waals surface area contributed by atoms with E-state index in [1.807, 2.05) is 0 Å². The largest absolute Gasteiger partial charge is 0.330 e. The van der Waals surface area contributed by atoms with Gasteiger partial charge in [-0.25, -0.2) is 4.39 Å². The van der Waals surface area contributed by atoms with E-state index in [1.165, 1.54) is 19.2 Å². The molecule has 0 aliphatic rings. The van der Waals surface area contributed by atoms with Crippen LogP contribution in [-0.4, -0.2) is 32.9 Å². The fourth-order valence-electron chi connectivity index (χ4n) is 1.22. The number of anilines is 1. The van der Waals surface area contributed by atoms with E-state index < -0.39 is 16.0 Å². The predicted octanol–water partition coefficient (Wildman–Crippen LogP) is 1.42. The van der Waals surface area contributed by atoms with E-state index in [9.17, 15) is 12.8 Å². The lowest BCUT2D eigenvalue weighted by Crippen LogP contribution is -2.34. The molecule has 0 heterocycles. The Hall–Kier alpha value is -0.890. The normalized spacial score (nSPS) is 11.8. The number of nitrogens with zero attached hydrogens (tertiary/aromatic N) is 1. The van der Waals surface area contributed by atoms with Crippen LogP contribution in [0.5, 0.6) is 0 Å². The molecule has 0 saturated heterocycles. The molecular formula is C10H15ClFN3O2S. The van der Waals surface area contributed by atoms with Gasteiger partial charge in [-0.1, -0.05) is 11.6 Å². The number of rotatable bonds is 6. The van der Waals surface area contributed by atoms with E-state index in [1.54, 1.807) is 0 Å². The average Bonchev–Trinajstić information content (AvgIpc) is 2.30. The molecule has 0 aliphatic carbocycles. The third-order valence-electron chi connectivity index (χ3n) is 2.25. The average molecular weight is 296 g/mol. The van der Waals surface area contributed by atoms with Crippen molar-refractivity contribution in [3.8, 4) is 0 Å². The van der Waals surface area contributed by atoms with Crippen molar-refractivity contribution in [2.24, 2.45) is 5.73 Å². The van der Waals surface area contributed by atoms with Crippen LogP contribution in [0, 0.1) is 5.82 Å².